The lowest BCUT2D eigenvalue weighted by atomic mass is 9.44. The monoisotopic (exact) mass is 346 g/mol. The van der Waals surface area contributed by atoms with Crippen molar-refractivity contribution in [1.82, 2.24) is 0 Å². The zero-order valence-electron chi connectivity index (χ0n) is 16.6. The molecule has 0 aromatic rings. The number of hydrogen-bond donors (Lipinski definition) is 1. The van der Waals surface area contributed by atoms with E-state index in [1.165, 1.54) is 51.4 Å². The van der Waals surface area contributed by atoms with Crippen molar-refractivity contribution in [2.24, 2.45) is 40.4 Å². The topological polar surface area (TPSA) is 29.5 Å². The van der Waals surface area contributed by atoms with Gasteiger partial charge in [-0.15, -0.1) is 0 Å². The molecule has 142 valence electrons. The molecular weight excluding hydrogens is 308 g/mol. The molecule has 5 rings (SSSR count). The summed E-state index contributed by atoms with van der Waals surface area (Å²) in [7, 11) is 0. The van der Waals surface area contributed by atoms with Crippen LogP contribution < -0.4 is 0 Å². The molecule has 1 aliphatic heterocycles. The second-order valence-corrected chi connectivity index (χ2v) is 11.2. The van der Waals surface area contributed by atoms with Crippen LogP contribution >= 0.6 is 0 Å². The number of aliphatic hydroxyl groups is 1. The van der Waals surface area contributed by atoms with Gasteiger partial charge in [-0.3, -0.25) is 0 Å². The Morgan fingerprint density at radius 1 is 0.800 bits per heavy atom. The SMILES string of the molecule is CC1([C@H]2CC[C@H]3[C@@H]4CC[C@H]5C[C@H](O)CC[C@]5(C)[C@H]4CC[C@]23C)CCO1. The van der Waals surface area contributed by atoms with Crippen molar-refractivity contribution in [3.05, 3.63) is 0 Å². The Hall–Kier alpha value is -0.0800. The fourth-order valence-corrected chi connectivity index (χ4v) is 8.94. The highest BCUT2D eigenvalue weighted by Crippen LogP contribution is 2.69. The van der Waals surface area contributed by atoms with Crippen LogP contribution in [0, 0.1) is 40.4 Å². The first-order valence-electron chi connectivity index (χ1n) is 11.2. The summed E-state index contributed by atoms with van der Waals surface area (Å²) in [6.07, 6.45) is 13.2. The maximum Gasteiger partial charge on any atom is 0.0709 e. The Bertz CT molecular complexity index is 540. The molecule has 1 N–H and O–H groups in total. The minimum Gasteiger partial charge on any atom is -0.393 e. The Morgan fingerprint density at radius 2 is 1.52 bits per heavy atom. The molecular formula is C23H38O2. The van der Waals surface area contributed by atoms with Crippen LogP contribution in [0.3, 0.4) is 0 Å². The largest absolute Gasteiger partial charge is 0.393 e. The average Bonchev–Trinajstić information content (AvgIpc) is 2.91. The van der Waals surface area contributed by atoms with E-state index in [1.807, 2.05) is 0 Å². The van der Waals surface area contributed by atoms with Crippen LogP contribution in [0.5, 0.6) is 0 Å². The Labute approximate surface area is 154 Å². The smallest absolute Gasteiger partial charge is 0.0709 e. The van der Waals surface area contributed by atoms with Crippen LogP contribution in [0.1, 0.15) is 85.0 Å². The molecule has 9 atom stereocenters. The van der Waals surface area contributed by atoms with E-state index in [0.717, 1.165) is 49.0 Å². The van der Waals surface area contributed by atoms with Crippen molar-refractivity contribution in [2.75, 3.05) is 6.61 Å². The van der Waals surface area contributed by atoms with Gasteiger partial charge in [0.2, 0.25) is 0 Å². The molecule has 0 radical (unpaired) electrons. The number of rotatable bonds is 1. The number of aliphatic hydroxyl groups excluding tert-OH is 1. The van der Waals surface area contributed by atoms with Gasteiger partial charge in [0.25, 0.3) is 0 Å². The standard InChI is InChI=1S/C23H38O2/c1-21-10-8-16(24)14-15(21)4-5-17-18-6-7-20(23(3)12-13-25-23)22(18,2)11-9-19(17)21/h15-20,24H,4-14H2,1-3H3/t15-,16+,17-,18-,19-,20-,21-,22-,23?/m0/s1. The van der Waals surface area contributed by atoms with E-state index in [-0.39, 0.29) is 11.7 Å². The average molecular weight is 347 g/mol. The molecule has 0 aromatic carbocycles. The molecule has 2 heteroatoms. The highest BCUT2D eigenvalue weighted by molar-refractivity contribution is 5.12. The van der Waals surface area contributed by atoms with Crippen LogP contribution in [0.2, 0.25) is 0 Å². The van der Waals surface area contributed by atoms with Crippen LogP contribution in [0.4, 0.5) is 0 Å². The molecule has 0 amide bonds. The van der Waals surface area contributed by atoms with Gasteiger partial charge in [0.05, 0.1) is 18.3 Å². The third-order valence-corrected chi connectivity index (χ3v) is 10.4. The summed E-state index contributed by atoms with van der Waals surface area (Å²) in [6, 6.07) is 0. The van der Waals surface area contributed by atoms with Crippen LogP contribution in [-0.2, 0) is 4.74 Å². The second-order valence-electron chi connectivity index (χ2n) is 11.2. The second kappa shape index (κ2) is 5.47. The van der Waals surface area contributed by atoms with Gasteiger partial charge in [-0.25, -0.2) is 0 Å². The van der Waals surface area contributed by atoms with Crippen LogP contribution in [0.25, 0.3) is 0 Å². The zero-order chi connectivity index (χ0) is 17.4. The van der Waals surface area contributed by atoms with Crippen molar-refractivity contribution in [3.63, 3.8) is 0 Å². The van der Waals surface area contributed by atoms with E-state index in [0.29, 0.717) is 10.8 Å². The number of ether oxygens (including phenoxy) is 1. The van der Waals surface area contributed by atoms with E-state index in [2.05, 4.69) is 20.8 Å². The lowest BCUT2D eigenvalue weighted by Crippen LogP contribution is -2.57. The van der Waals surface area contributed by atoms with E-state index < -0.39 is 0 Å². The lowest BCUT2D eigenvalue weighted by molar-refractivity contribution is -0.205. The molecule has 2 nitrogen and oxygen atoms in total. The molecule has 0 bridgehead atoms. The summed E-state index contributed by atoms with van der Waals surface area (Å²) in [6.45, 7) is 8.63. The third kappa shape index (κ3) is 2.22. The highest BCUT2D eigenvalue weighted by atomic mass is 16.5. The van der Waals surface area contributed by atoms with Gasteiger partial charge in [-0.2, -0.15) is 0 Å². The molecule has 1 unspecified atom stereocenters. The first kappa shape index (κ1) is 17.0. The first-order chi connectivity index (χ1) is 11.9. The molecule has 5 aliphatic rings. The molecule has 0 spiro atoms. The van der Waals surface area contributed by atoms with Crippen molar-refractivity contribution < 1.29 is 9.84 Å². The molecule has 1 saturated heterocycles. The summed E-state index contributed by atoms with van der Waals surface area (Å²) in [5, 5.41) is 10.2. The maximum atomic E-state index is 10.2. The summed E-state index contributed by atoms with van der Waals surface area (Å²) < 4.78 is 6.14. The van der Waals surface area contributed by atoms with Crippen molar-refractivity contribution >= 4 is 0 Å². The summed E-state index contributed by atoms with van der Waals surface area (Å²) in [5.41, 5.74) is 1.22. The zero-order valence-corrected chi connectivity index (χ0v) is 16.6. The quantitative estimate of drug-likeness (QED) is 0.708. The predicted octanol–water partition coefficient (Wildman–Crippen LogP) is 5.19. The molecule has 4 aliphatic carbocycles. The summed E-state index contributed by atoms with van der Waals surface area (Å²) in [4.78, 5) is 0. The van der Waals surface area contributed by atoms with E-state index in [1.54, 1.807) is 0 Å². The Kier molecular flexibility index (Phi) is 3.73. The number of hydrogen-bond acceptors (Lipinski definition) is 2. The Morgan fingerprint density at radius 3 is 2.24 bits per heavy atom. The van der Waals surface area contributed by atoms with Crippen molar-refractivity contribution in [1.29, 1.82) is 0 Å². The fourth-order valence-electron chi connectivity index (χ4n) is 8.94. The fraction of sp³-hybridized carbons (Fsp3) is 1.00. The van der Waals surface area contributed by atoms with Crippen LogP contribution in [-0.4, -0.2) is 23.4 Å². The van der Waals surface area contributed by atoms with Gasteiger partial charge in [0, 0.05) is 0 Å². The molecule has 25 heavy (non-hydrogen) atoms. The van der Waals surface area contributed by atoms with Gasteiger partial charge in [0.1, 0.15) is 0 Å². The molecule has 1 heterocycles. The van der Waals surface area contributed by atoms with E-state index in [4.69, 9.17) is 4.74 Å². The van der Waals surface area contributed by atoms with Gasteiger partial charge < -0.3 is 9.84 Å². The van der Waals surface area contributed by atoms with Crippen molar-refractivity contribution in [3.8, 4) is 0 Å². The number of fused-ring (bicyclic) bond motifs is 5. The third-order valence-electron chi connectivity index (χ3n) is 10.4. The van der Waals surface area contributed by atoms with E-state index in [9.17, 15) is 5.11 Å². The molecule has 5 fully saturated rings. The summed E-state index contributed by atoms with van der Waals surface area (Å²) in [5.74, 6) is 4.38. The van der Waals surface area contributed by atoms with Crippen LogP contribution in [0.15, 0.2) is 0 Å². The molecule has 0 aromatic heterocycles. The normalized spacial score (nSPS) is 61.0. The molecule has 4 saturated carbocycles. The van der Waals surface area contributed by atoms with Gasteiger partial charge >= 0.3 is 0 Å². The van der Waals surface area contributed by atoms with E-state index >= 15 is 0 Å². The van der Waals surface area contributed by atoms with Crippen molar-refractivity contribution in [2.45, 2.75) is 96.7 Å². The highest BCUT2D eigenvalue weighted by Gasteiger charge is 2.63. The first-order valence-corrected chi connectivity index (χ1v) is 11.2. The maximum absolute atomic E-state index is 10.2. The minimum atomic E-state index is -0.0185. The predicted molar refractivity (Wildman–Crippen MR) is 100 cm³/mol. The van der Waals surface area contributed by atoms with Gasteiger partial charge in [0.15, 0.2) is 0 Å². The minimum absolute atomic E-state index is 0.0185. The van der Waals surface area contributed by atoms with Gasteiger partial charge in [-0.05, 0) is 112 Å². The summed E-state index contributed by atoms with van der Waals surface area (Å²) >= 11 is 0. The lowest BCUT2D eigenvalue weighted by Gasteiger charge is -2.62. The van der Waals surface area contributed by atoms with Gasteiger partial charge in [-0.1, -0.05) is 13.8 Å². The Balaban J connectivity index is 1.42.